The summed E-state index contributed by atoms with van der Waals surface area (Å²) in [4.78, 5) is 4.56. The fourth-order valence-corrected chi connectivity index (χ4v) is 2.01. The summed E-state index contributed by atoms with van der Waals surface area (Å²) in [7, 11) is 1.77. The monoisotopic (exact) mass is 182 g/mol. The molecule has 3 heteroatoms. The van der Waals surface area contributed by atoms with E-state index in [-0.39, 0.29) is 0 Å². The zero-order valence-corrected chi connectivity index (χ0v) is 8.20. The Labute approximate surface area is 79.4 Å². The van der Waals surface area contributed by atoms with Crippen molar-refractivity contribution in [1.29, 1.82) is 0 Å². The van der Waals surface area contributed by atoms with Crippen molar-refractivity contribution >= 4 is 5.84 Å². The molecule has 2 rings (SSSR count). The number of rotatable bonds is 3. The van der Waals surface area contributed by atoms with Gasteiger partial charge in [0, 0.05) is 13.0 Å². The highest BCUT2D eigenvalue weighted by atomic mass is 16.5. The Morgan fingerprint density at radius 2 is 2.08 bits per heavy atom. The van der Waals surface area contributed by atoms with E-state index in [2.05, 4.69) is 4.99 Å². The first-order valence-electron chi connectivity index (χ1n) is 5.17. The molecule has 3 nitrogen and oxygen atoms in total. The van der Waals surface area contributed by atoms with Crippen molar-refractivity contribution in [2.45, 2.75) is 44.2 Å². The van der Waals surface area contributed by atoms with Crippen LogP contribution in [0.3, 0.4) is 0 Å². The van der Waals surface area contributed by atoms with E-state index in [0.29, 0.717) is 18.1 Å². The van der Waals surface area contributed by atoms with E-state index in [1.807, 2.05) is 0 Å². The van der Waals surface area contributed by atoms with Gasteiger partial charge in [0.2, 0.25) is 0 Å². The Balaban J connectivity index is 1.95. The summed E-state index contributed by atoms with van der Waals surface area (Å²) in [5.41, 5.74) is 5.87. The Morgan fingerprint density at radius 3 is 2.69 bits per heavy atom. The van der Waals surface area contributed by atoms with Gasteiger partial charge in [-0.25, -0.2) is 0 Å². The lowest BCUT2D eigenvalue weighted by molar-refractivity contribution is 0.0965. The minimum Gasteiger partial charge on any atom is -0.387 e. The number of aliphatic imine (C=N–C) groups is 1. The Morgan fingerprint density at radius 1 is 1.31 bits per heavy atom. The first-order valence-corrected chi connectivity index (χ1v) is 5.17. The third kappa shape index (κ3) is 2.02. The molecule has 2 aliphatic carbocycles. The van der Waals surface area contributed by atoms with Gasteiger partial charge in [0.05, 0.1) is 18.0 Å². The van der Waals surface area contributed by atoms with E-state index in [1.165, 1.54) is 19.3 Å². The lowest BCUT2D eigenvalue weighted by Crippen LogP contribution is -2.25. The van der Waals surface area contributed by atoms with Gasteiger partial charge in [-0.3, -0.25) is 4.99 Å². The molecule has 0 bridgehead atoms. The van der Waals surface area contributed by atoms with Crippen molar-refractivity contribution in [2.24, 2.45) is 16.6 Å². The number of methoxy groups -OCH3 is 1. The second-order valence-electron chi connectivity index (χ2n) is 4.10. The summed E-state index contributed by atoms with van der Waals surface area (Å²) < 4.78 is 5.36. The summed E-state index contributed by atoms with van der Waals surface area (Å²) in [6.45, 7) is 0. The van der Waals surface area contributed by atoms with E-state index in [4.69, 9.17) is 10.5 Å². The van der Waals surface area contributed by atoms with Gasteiger partial charge in [-0.2, -0.15) is 0 Å². The van der Waals surface area contributed by atoms with Crippen LogP contribution in [0.25, 0.3) is 0 Å². The Hall–Kier alpha value is -0.570. The lowest BCUT2D eigenvalue weighted by atomic mass is 10.2. The molecule has 0 aromatic carbocycles. The summed E-state index contributed by atoms with van der Waals surface area (Å²) in [6, 6.07) is 0.339. The van der Waals surface area contributed by atoms with Crippen LogP contribution in [0.15, 0.2) is 4.99 Å². The second kappa shape index (κ2) is 3.66. The van der Waals surface area contributed by atoms with Gasteiger partial charge >= 0.3 is 0 Å². The molecule has 0 aromatic heterocycles. The van der Waals surface area contributed by atoms with Gasteiger partial charge in [0.25, 0.3) is 0 Å². The van der Waals surface area contributed by atoms with Crippen molar-refractivity contribution in [3.8, 4) is 0 Å². The van der Waals surface area contributed by atoms with Crippen molar-refractivity contribution in [3.05, 3.63) is 0 Å². The van der Waals surface area contributed by atoms with Crippen molar-refractivity contribution in [3.63, 3.8) is 0 Å². The third-order valence-corrected chi connectivity index (χ3v) is 3.03. The Bertz CT molecular complexity index is 211. The van der Waals surface area contributed by atoms with E-state index < -0.39 is 0 Å². The molecule has 13 heavy (non-hydrogen) atoms. The summed E-state index contributed by atoms with van der Waals surface area (Å²) in [6.07, 6.45) is 6.30. The predicted octanol–water partition coefficient (Wildman–Crippen LogP) is 1.32. The van der Waals surface area contributed by atoms with Crippen molar-refractivity contribution in [2.75, 3.05) is 7.11 Å². The van der Waals surface area contributed by atoms with Crippen LogP contribution in [0.1, 0.15) is 32.1 Å². The zero-order valence-electron chi connectivity index (χ0n) is 8.20. The SMILES string of the molecule is COC1CCCC1N=C(N)C1CC1. The molecule has 2 unspecified atom stereocenters. The minimum atomic E-state index is 0.317. The van der Waals surface area contributed by atoms with Crippen LogP contribution in [0.5, 0.6) is 0 Å². The van der Waals surface area contributed by atoms with Crippen LogP contribution in [-0.2, 0) is 4.74 Å². The summed E-state index contributed by atoms with van der Waals surface area (Å²) in [5, 5.41) is 0. The number of amidine groups is 1. The van der Waals surface area contributed by atoms with E-state index in [1.54, 1.807) is 7.11 Å². The van der Waals surface area contributed by atoms with E-state index in [9.17, 15) is 0 Å². The van der Waals surface area contributed by atoms with E-state index in [0.717, 1.165) is 18.7 Å². The van der Waals surface area contributed by atoms with Gasteiger partial charge in [0.1, 0.15) is 0 Å². The molecule has 2 fully saturated rings. The first kappa shape index (κ1) is 9.00. The maximum absolute atomic E-state index is 5.87. The highest BCUT2D eigenvalue weighted by Gasteiger charge is 2.30. The number of nitrogens with zero attached hydrogens (tertiary/aromatic N) is 1. The standard InChI is InChI=1S/C10H18N2O/c1-13-9-4-2-3-8(9)12-10(11)7-5-6-7/h7-9H,2-6H2,1H3,(H2,11,12). The average Bonchev–Trinajstić information content (AvgIpc) is 2.88. The van der Waals surface area contributed by atoms with Crippen molar-refractivity contribution in [1.82, 2.24) is 0 Å². The molecular weight excluding hydrogens is 164 g/mol. The van der Waals surface area contributed by atoms with Crippen LogP contribution < -0.4 is 5.73 Å². The number of hydrogen-bond acceptors (Lipinski definition) is 2. The molecular formula is C10H18N2O. The fourth-order valence-electron chi connectivity index (χ4n) is 2.01. The average molecular weight is 182 g/mol. The van der Waals surface area contributed by atoms with Crippen LogP contribution in [0.2, 0.25) is 0 Å². The summed E-state index contributed by atoms with van der Waals surface area (Å²) in [5.74, 6) is 1.46. The first-order chi connectivity index (χ1) is 6.31. The molecule has 0 aromatic rings. The van der Waals surface area contributed by atoms with Crippen molar-refractivity contribution < 1.29 is 4.74 Å². The molecule has 0 spiro atoms. The second-order valence-corrected chi connectivity index (χ2v) is 4.10. The maximum atomic E-state index is 5.87. The molecule has 0 radical (unpaired) electrons. The topological polar surface area (TPSA) is 47.6 Å². The normalized spacial score (nSPS) is 35.3. The molecule has 0 aliphatic heterocycles. The van der Waals surface area contributed by atoms with Gasteiger partial charge in [-0.1, -0.05) is 0 Å². The number of ether oxygens (including phenoxy) is 1. The van der Waals surface area contributed by atoms with E-state index >= 15 is 0 Å². The van der Waals surface area contributed by atoms with Crippen LogP contribution in [0, 0.1) is 5.92 Å². The predicted molar refractivity (Wildman–Crippen MR) is 52.8 cm³/mol. The number of hydrogen-bond donors (Lipinski definition) is 1. The summed E-state index contributed by atoms with van der Waals surface area (Å²) >= 11 is 0. The third-order valence-electron chi connectivity index (χ3n) is 3.03. The van der Waals surface area contributed by atoms with Gasteiger partial charge < -0.3 is 10.5 Å². The maximum Gasteiger partial charge on any atom is 0.0973 e. The van der Waals surface area contributed by atoms with Gasteiger partial charge in [-0.05, 0) is 32.1 Å². The lowest BCUT2D eigenvalue weighted by Gasteiger charge is -2.14. The number of nitrogens with two attached hydrogens (primary N) is 1. The molecule has 74 valence electrons. The fraction of sp³-hybridized carbons (Fsp3) is 0.900. The molecule has 2 atom stereocenters. The molecule has 0 saturated heterocycles. The Kier molecular flexibility index (Phi) is 2.54. The highest BCUT2D eigenvalue weighted by Crippen LogP contribution is 2.31. The van der Waals surface area contributed by atoms with Gasteiger partial charge in [-0.15, -0.1) is 0 Å². The van der Waals surface area contributed by atoms with Gasteiger partial charge in [0.15, 0.2) is 0 Å². The quantitative estimate of drug-likeness (QED) is 0.528. The zero-order chi connectivity index (χ0) is 9.26. The minimum absolute atomic E-state index is 0.317. The molecule has 2 N–H and O–H groups in total. The van der Waals surface area contributed by atoms with Crippen LogP contribution in [0.4, 0.5) is 0 Å². The molecule has 2 aliphatic rings. The largest absolute Gasteiger partial charge is 0.387 e. The van der Waals surface area contributed by atoms with Crippen LogP contribution in [-0.4, -0.2) is 25.1 Å². The smallest absolute Gasteiger partial charge is 0.0973 e. The molecule has 0 heterocycles. The molecule has 0 amide bonds. The highest BCUT2D eigenvalue weighted by molar-refractivity contribution is 5.85. The van der Waals surface area contributed by atoms with Crippen LogP contribution >= 0.6 is 0 Å². The molecule has 2 saturated carbocycles.